The molecule has 130 valence electrons. The summed E-state index contributed by atoms with van der Waals surface area (Å²) in [5.74, 6) is 7.11. The highest BCUT2D eigenvalue weighted by Crippen LogP contribution is 2.11. The van der Waals surface area contributed by atoms with E-state index in [9.17, 15) is 0 Å². The highest BCUT2D eigenvalue weighted by atomic mass is 35.5. The molecule has 3 heteroatoms. The minimum atomic E-state index is -0.00657. The maximum atomic E-state index is 5.84. The second-order valence-corrected chi connectivity index (χ2v) is 6.00. The van der Waals surface area contributed by atoms with Crippen LogP contribution < -0.4 is 0 Å². The number of hydrogen-bond donors (Lipinski definition) is 0. The average Bonchev–Trinajstić information content (AvgIpc) is 2.53. The van der Waals surface area contributed by atoms with Crippen molar-refractivity contribution in [3.8, 4) is 11.8 Å². The molecule has 0 rings (SSSR count). The second-order valence-electron chi connectivity index (χ2n) is 5.62. The molecule has 0 aromatic rings. The van der Waals surface area contributed by atoms with E-state index in [1.807, 2.05) is 0 Å². The topological polar surface area (TPSA) is 18.5 Å². The van der Waals surface area contributed by atoms with Crippen LogP contribution in [-0.4, -0.2) is 25.4 Å². The van der Waals surface area contributed by atoms with Crippen molar-refractivity contribution in [2.24, 2.45) is 0 Å². The lowest BCUT2D eigenvalue weighted by Gasteiger charge is -2.18. The van der Waals surface area contributed by atoms with Crippen LogP contribution in [0.4, 0.5) is 0 Å². The Labute approximate surface area is 143 Å². The molecule has 0 aliphatic rings. The first-order valence-electron chi connectivity index (χ1n) is 9.10. The minimum absolute atomic E-state index is 0.00657. The van der Waals surface area contributed by atoms with Gasteiger partial charge in [0, 0.05) is 31.9 Å². The van der Waals surface area contributed by atoms with E-state index in [1.54, 1.807) is 0 Å². The molecule has 0 aliphatic carbocycles. The molecule has 0 radical (unpaired) electrons. The first-order valence-corrected chi connectivity index (χ1v) is 9.63. The molecule has 0 aromatic carbocycles. The van der Waals surface area contributed by atoms with Crippen molar-refractivity contribution in [2.75, 3.05) is 19.1 Å². The summed E-state index contributed by atoms with van der Waals surface area (Å²) in [7, 11) is 0. The van der Waals surface area contributed by atoms with Crippen molar-refractivity contribution in [1.29, 1.82) is 0 Å². The van der Waals surface area contributed by atoms with Gasteiger partial charge in [0.2, 0.25) is 0 Å². The van der Waals surface area contributed by atoms with Crippen molar-refractivity contribution in [3.63, 3.8) is 0 Å². The average molecular weight is 331 g/mol. The van der Waals surface area contributed by atoms with Crippen LogP contribution in [0.2, 0.25) is 0 Å². The molecule has 0 aromatic heterocycles. The van der Waals surface area contributed by atoms with E-state index >= 15 is 0 Å². The molecule has 0 bridgehead atoms. The Bertz CT molecular complexity index is 260. The Morgan fingerprint density at radius 2 is 1.36 bits per heavy atom. The Morgan fingerprint density at radius 3 is 1.91 bits per heavy atom. The summed E-state index contributed by atoms with van der Waals surface area (Å²) in [5, 5.41) is 0. The molecule has 0 saturated carbocycles. The number of ether oxygens (including phenoxy) is 2. The highest BCUT2D eigenvalue weighted by Gasteiger charge is 2.08. The van der Waals surface area contributed by atoms with Crippen molar-refractivity contribution < 1.29 is 9.47 Å². The van der Waals surface area contributed by atoms with E-state index in [2.05, 4.69) is 25.7 Å². The smallest absolute Gasteiger partial charge is 0.157 e. The van der Waals surface area contributed by atoms with Crippen LogP contribution in [0.15, 0.2) is 0 Å². The molecule has 2 nitrogen and oxygen atoms in total. The molecule has 22 heavy (non-hydrogen) atoms. The number of unbranched alkanes of at least 4 members (excludes halogenated alkanes) is 6. The maximum absolute atomic E-state index is 5.84. The normalized spacial score (nSPS) is 10.7. The third-order valence-corrected chi connectivity index (χ3v) is 3.67. The fourth-order valence-electron chi connectivity index (χ4n) is 1.97. The lowest BCUT2D eigenvalue weighted by molar-refractivity contribution is -0.147. The van der Waals surface area contributed by atoms with E-state index < -0.39 is 0 Å². The van der Waals surface area contributed by atoms with Gasteiger partial charge in [-0.15, -0.1) is 23.4 Å². The molecule has 0 heterocycles. The fourth-order valence-corrected chi connectivity index (χ4v) is 2.10. The van der Waals surface area contributed by atoms with Crippen LogP contribution >= 0.6 is 11.6 Å². The molecule has 0 amide bonds. The van der Waals surface area contributed by atoms with Crippen LogP contribution in [0.1, 0.15) is 84.5 Å². The van der Waals surface area contributed by atoms with E-state index in [-0.39, 0.29) is 6.29 Å². The zero-order valence-electron chi connectivity index (χ0n) is 14.7. The summed E-state index contributed by atoms with van der Waals surface area (Å²) >= 11 is 5.61. The molecule has 0 N–H and O–H groups in total. The number of halogens is 1. The third-order valence-electron chi connectivity index (χ3n) is 3.41. The highest BCUT2D eigenvalue weighted by molar-refractivity contribution is 6.17. The van der Waals surface area contributed by atoms with Gasteiger partial charge in [0.05, 0.1) is 0 Å². The molecule has 0 atom stereocenters. The molecule has 0 saturated heterocycles. The summed E-state index contributed by atoms with van der Waals surface area (Å²) in [6.07, 6.45) is 12.0. The zero-order chi connectivity index (χ0) is 16.3. The van der Waals surface area contributed by atoms with Crippen LogP contribution in [0.25, 0.3) is 0 Å². The number of hydrogen-bond acceptors (Lipinski definition) is 2. The van der Waals surface area contributed by atoms with Gasteiger partial charge in [-0.2, -0.15) is 0 Å². The largest absolute Gasteiger partial charge is 0.353 e. The second kappa shape index (κ2) is 18.8. The zero-order valence-corrected chi connectivity index (χ0v) is 15.4. The van der Waals surface area contributed by atoms with Gasteiger partial charge in [0.15, 0.2) is 6.29 Å². The lowest BCUT2D eigenvalue weighted by Crippen LogP contribution is -2.18. The van der Waals surface area contributed by atoms with Crippen LogP contribution in [0, 0.1) is 11.8 Å². The van der Waals surface area contributed by atoms with Crippen LogP contribution in [0.3, 0.4) is 0 Å². The van der Waals surface area contributed by atoms with Crippen molar-refractivity contribution in [3.05, 3.63) is 0 Å². The summed E-state index contributed by atoms with van der Waals surface area (Å²) in [6, 6.07) is 0. The minimum Gasteiger partial charge on any atom is -0.353 e. The predicted octanol–water partition coefficient (Wildman–Crippen LogP) is 5.92. The third kappa shape index (κ3) is 16.1. The van der Waals surface area contributed by atoms with Gasteiger partial charge >= 0.3 is 0 Å². The number of rotatable bonds is 15. The molecular formula is C19H35ClO2. The quantitative estimate of drug-likeness (QED) is 0.161. The first kappa shape index (κ1) is 21.8. The SMILES string of the molecule is CCCCOC(CCCCCC#CCCCCl)OCCCC. The van der Waals surface area contributed by atoms with Crippen LogP contribution in [0.5, 0.6) is 0 Å². The molecule has 0 fully saturated rings. The Hall–Kier alpha value is -0.230. The molecule has 0 unspecified atom stereocenters. The van der Waals surface area contributed by atoms with Gasteiger partial charge in [-0.05, 0) is 38.5 Å². The van der Waals surface area contributed by atoms with Crippen molar-refractivity contribution in [1.82, 2.24) is 0 Å². The molecule has 0 spiro atoms. The van der Waals surface area contributed by atoms with Gasteiger partial charge < -0.3 is 9.47 Å². The van der Waals surface area contributed by atoms with Crippen molar-refractivity contribution in [2.45, 2.75) is 90.8 Å². The van der Waals surface area contributed by atoms with E-state index in [0.717, 1.165) is 58.2 Å². The van der Waals surface area contributed by atoms with Crippen LogP contribution in [-0.2, 0) is 9.47 Å². The standard InChI is InChI=1S/C19H35ClO2/c1-3-5-17-21-19(22-18-6-4-2)15-13-11-9-7-8-10-12-14-16-20/h19H,3-7,9,11-18H2,1-2H3. The van der Waals surface area contributed by atoms with E-state index in [1.165, 1.54) is 25.7 Å². The lowest BCUT2D eigenvalue weighted by atomic mass is 10.1. The van der Waals surface area contributed by atoms with Gasteiger partial charge in [0.25, 0.3) is 0 Å². The molecular weight excluding hydrogens is 296 g/mol. The van der Waals surface area contributed by atoms with Gasteiger partial charge in [0.1, 0.15) is 0 Å². The van der Waals surface area contributed by atoms with Gasteiger partial charge in [-0.1, -0.05) is 33.1 Å². The summed E-state index contributed by atoms with van der Waals surface area (Å²) in [4.78, 5) is 0. The van der Waals surface area contributed by atoms with E-state index in [0.29, 0.717) is 5.88 Å². The van der Waals surface area contributed by atoms with Gasteiger partial charge in [-0.3, -0.25) is 0 Å². The Kier molecular flexibility index (Phi) is 18.6. The Balaban J connectivity index is 3.64. The molecule has 0 aliphatic heterocycles. The summed E-state index contributed by atoms with van der Waals surface area (Å²) < 4.78 is 11.7. The Morgan fingerprint density at radius 1 is 0.773 bits per heavy atom. The first-order chi connectivity index (χ1) is 10.8. The monoisotopic (exact) mass is 330 g/mol. The van der Waals surface area contributed by atoms with Gasteiger partial charge in [-0.25, -0.2) is 0 Å². The summed E-state index contributed by atoms with van der Waals surface area (Å²) in [5.41, 5.74) is 0. The summed E-state index contributed by atoms with van der Waals surface area (Å²) in [6.45, 7) is 6.01. The maximum Gasteiger partial charge on any atom is 0.157 e. The predicted molar refractivity (Wildman–Crippen MR) is 96.3 cm³/mol. The number of alkyl halides is 1. The van der Waals surface area contributed by atoms with Crippen molar-refractivity contribution >= 4 is 11.6 Å². The fraction of sp³-hybridized carbons (Fsp3) is 0.895. The van der Waals surface area contributed by atoms with E-state index in [4.69, 9.17) is 21.1 Å².